The normalized spacial score (nSPS) is 26.8. The van der Waals surface area contributed by atoms with Gasteiger partial charge in [-0.15, -0.1) is 6.58 Å². The first-order valence-corrected chi connectivity index (χ1v) is 4.16. The van der Waals surface area contributed by atoms with Gasteiger partial charge in [-0.25, -0.2) is 0 Å². The molecule has 1 aliphatic rings. The Morgan fingerprint density at radius 1 is 1.33 bits per heavy atom. The summed E-state index contributed by atoms with van der Waals surface area (Å²) in [6, 6.07) is 8.45. The van der Waals surface area contributed by atoms with E-state index in [9.17, 15) is 0 Å². The zero-order chi connectivity index (χ0) is 8.55. The van der Waals surface area contributed by atoms with Crippen LogP contribution in [0.25, 0.3) is 0 Å². The molecule has 0 radical (unpaired) electrons. The molecule has 2 atom stereocenters. The predicted octanol–water partition coefficient (Wildman–Crippen LogP) is 2.62. The Balaban J connectivity index is 2.15. The predicted molar refractivity (Wildman–Crippen MR) is 49.0 cm³/mol. The Labute approximate surface area is 72.7 Å². The average molecular weight is 160 g/mol. The molecule has 62 valence electrons. The Bertz CT molecular complexity index is 286. The summed E-state index contributed by atoms with van der Waals surface area (Å²) in [4.78, 5) is 0. The van der Waals surface area contributed by atoms with Crippen molar-refractivity contribution in [1.82, 2.24) is 0 Å². The zero-order valence-corrected chi connectivity index (χ0v) is 7.16. The van der Waals surface area contributed by atoms with Crippen molar-refractivity contribution in [2.75, 3.05) is 0 Å². The van der Waals surface area contributed by atoms with Crippen molar-refractivity contribution < 1.29 is 4.74 Å². The van der Waals surface area contributed by atoms with Crippen LogP contribution in [0.2, 0.25) is 0 Å². The van der Waals surface area contributed by atoms with E-state index in [4.69, 9.17) is 4.74 Å². The van der Waals surface area contributed by atoms with E-state index in [-0.39, 0.29) is 12.2 Å². The number of benzene rings is 1. The molecule has 0 aromatic heterocycles. The van der Waals surface area contributed by atoms with Gasteiger partial charge in [0.2, 0.25) is 0 Å². The molecule has 0 spiro atoms. The molecule has 1 aromatic carbocycles. The van der Waals surface area contributed by atoms with E-state index in [1.165, 1.54) is 11.1 Å². The second-order valence-electron chi connectivity index (χ2n) is 3.17. The average Bonchev–Trinajstić information content (AvgIpc) is 2.85. The first-order chi connectivity index (χ1) is 5.81. The van der Waals surface area contributed by atoms with Gasteiger partial charge in [0.15, 0.2) is 0 Å². The molecule has 0 unspecified atom stereocenters. The number of rotatable bonds is 2. The smallest absolute Gasteiger partial charge is 0.113 e. The lowest BCUT2D eigenvalue weighted by molar-refractivity contribution is 0.394. The lowest BCUT2D eigenvalue weighted by Gasteiger charge is -1.95. The molecule has 1 aromatic rings. The maximum Gasteiger partial charge on any atom is 0.113 e. The first kappa shape index (κ1) is 7.56. The molecule has 12 heavy (non-hydrogen) atoms. The standard InChI is InChI=1S/C11H12O/c1-3-10-11(12-10)9-6-4-8(2)5-7-9/h3-7,10-11H,1H2,2H3/t10-,11-/m0/s1. The third-order valence-electron chi connectivity index (χ3n) is 2.16. The summed E-state index contributed by atoms with van der Waals surface area (Å²) in [6.07, 6.45) is 2.36. The minimum atomic E-state index is 0.243. The summed E-state index contributed by atoms with van der Waals surface area (Å²) >= 11 is 0. The van der Waals surface area contributed by atoms with Gasteiger partial charge in [0.1, 0.15) is 12.2 Å². The largest absolute Gasteiger partial charge is 0.360 e. The lowest BCUT2D eigenvalue weighted by atomic mass is 10.1. The van der Waals surface area contributed by atoms with E-state index >= 15 is 0 Å². The highest BCUT2D eigenvalue weighted by molar-refractivity contribution is 5.27. The second-order valence-corrected chi connectivity index (χ2v) is 3.17. The van der Waals surface area contributed by atoms with Crippen LogP contribution in [0, 0.1) is 6.92 Å². The van der Waals surface area contributed by atoms with Crippen LogP contribution in [0.3, 0.4) is 0 Å². The van der Waals surface area contributed by atoms with E-state index in [0.717, 1.165) is 0 Å². The fraction of sp³-hybridized carbons (Fsp3) is 0.273. The van der Waals surface area contributed by atoms with Gasteiger partial charge in [0.05, 0.1) is 0 Å². The topological polar surface area (TPSA) is 12.5 Å². The number of aryl methyl sites for hydroxylation is 1. The van der Waals surface area contributed by atoms with Gasteiger partial charge in [-0.2, -0.15) is 0 Å². The van der Waals surface area contributed by atoms with Crippen LogP contribution in [-0.4, -0.2) is 6.10 Å². The van der Waals surface area contributed by atoms with Crippen molar-refractivity contribution in [2.24, 2.45) is 0 Å². The molecule has 0 N–H and O–H groups in total. The van der Waals surface area contributed by atoms with Crippen LogP contribution in [0.1, 0.15) is 17.2 Å². The number of hydrogen-bond acceptors (Lipinski definition) is 1. The first-order valence-electron chi connectivity index (χ1n) is 4.16. The molecule has 0 aliphatic carbocycles. The zero-order valence-electron chi connectivity index (χ0n) is 7.16. The van der Waals surface area contributed by atoms with Crippen LogP contribution in [0.5, 0.6) is 0 Å². The van der Waals surface area contributed by atoms with Crippen molar-refractivity contribution in [3.8, 4) is 0 Å². The van der Waals surface area contributed by atoms with Gasteiger partial charge >= 0.3 is 0 Å². The molecule has 2 rings (SSSR count). The Hall–Kier alpha value is -1.08. The molecule has 1 aliphatic heterocycles. The molecule has 1 nitrogen and oxygen atoms in total. The molecule has 0 amide bonds. The van der Waals surface area contributed by atoms with Gasteiger partial charge in [0.25, 0.3) is 0 Å². The van der Waals surface area contributed by atoms with Gasteiger partial charge in [0, 0.05) is 0 Å². The summed E-state index contributed by atoms with van der Waals surface area (Å²) in [6.45, 7) is 5.78. The third kappa shape index (κ3) is 1.28. The molecule has 1 saturated heterocycles. The quantitative estimate of drug-likeness (QED) is 0.478. The van der Waals surface area contributed by atoms with E-state index in [1.807, 2.05) is 6.08 Å². The number of hydrogen-bond donors (Lipinski definition) is 0. The van der Waals surface area contributed by atoms with Crippen molar-refractivity contribution >= 4 is 0 Å². The van der Waals surface area contributed by atoms with Crippen LogP contribution in [0.15, 0.2) is 36.9 Å². The fourth-order valence-corrected chi connectivity index (χ4v) is 1.33. The van der Waals surface area contributed by atoms with Gasteiger partial charge in [-0.3, -0.25) is 0 Å². The number of epoxide rings is 1. The highest BCUT2D eigenvalue weighted by atomic mass is 16.6. The molecule has 0 bridgehead atoms. The van der Waals surface area contributed by atoms with Crippen molar-refractivity contribution in [1.29, 1.82) is 0 Å². The molecule has 0 saturated carbocycles. The van der Waals surface area contributed by atoms with Gasteiger partial charge in [-0.1, -0.05) is 35.9 Å². The van der Waals surface area contributed by atoms with Crippen molar-refractivity contribution in [3.63, 3.8) is 0 Å². The van der Waals surface area contributed by atoms with E-state index in [2.05, 4.69) is 37.8 Å². The molecular formula is C11H12O. The molecular weight excluding hydrogens is 148 g/mol. The van der Waals surface area contributed by atoms with Crippen molar-refractivity contribution in [2.45, 2.75) is 19.1 Å². The van der Waals surface area contributed by atoms with Crippen LogP contribution < -0.4 is 0 Å². The molecule has 1 heteroatoms. The Morgan fingerprint density at radius 2 is 2.00 bits per heavy atom. The van der Waals surface area contributed by atoms with E-state index in [0.29, 0.717) is 0 Å². The SMILES string of the molecule is C=C[C@@H]1O[C@H]1c1ccc(C)cc1. The summed E-state index contributed by atoms with van der Waals surface area (Å²) < 4.78 is 5.37. The summed E-state index contributed by atoms with van der Waals surface area (Å²) in [7, 11) is 0. The fourth-order valence-electron chi connectivity index (χ4n) is 1.33. The minimum Gasteiger partial charge on any atom is -0.360 e. The van der Waals surface area contributed by atoms with E-state index in [1.54, 1.807) is 0 Å². The van der Waals surface area contributed by atoms with Crippen LogP contribution in [0.4, 0.5) is 0 Å². The maximum absolute atomic E-state index is 5.37. The highest BCUT2D eigenvalue weighted by Crippen LogP contribution is 2.38. The summed E-state index contributed by atoms with van der Waals surface area (Å²) in [5, 5.41) is 0. The van der Waals surface area contributed by atoms with Crippen LogP contribution >= 0.6 is 0 Å². The van der Waals surface area contributed by atoms with Gasteiger partial charge < -0.3 is 4.74 Å². The van der Waals surface area contributed by atoms with Gasteiger partial charge in [-0.05, 0) is 12.5 Å². The Kier molecular flexibility index (Phi) is 1.74. The second kappa shape index (κ2) is 2.76. The number of ether oxygens (including phenoxy) is 1. The van der Waals surface area contributed by atoms with Crippen LogP contribution in [-0.2, 0) is 4.74 Å². The minimum absolute atomic E-state index is 0.243. The third-order valence-corrected chi connectivity index (χ3v) is 2.16. The Morgan fingerprint density at radius 3 is 2.50 bits per heavy atom. The van der Waals surface area contributed by atoms with E-state index < -0.39 is 0 Å². The monoisotopic (exact) mass is 160 g/mol. The maximum atomic E-state index is 5.37. The molecule has 1 heterocycles. The molecule has 1 fully saturated rings. The van der Waals surface area contributed by atoms with Crippen molar-refractivity contribution in [3.05, 3.63) is 48.0 Å². The lowest BCUT2D eigenvalue weighted by Crippen LogP contribution is -1.83. The highest BCUT2D eigenvalue weighted by Gasteiger charge is 2.37. The summed E-state index contributed by atoms with van der Waals surface area (Å²) in [5.41, 5.74) is 2.54. The summed E-state index contributed by atoms with van der Waals surface area (Å²) in [5.74, 6) is 0.